The maximum Gasteiger partial charge on any atom is 0.407 e. The van der Waals surface area contributed by atoms with Crippen molar-refractivity contribution in [3.63, 3.8) is 0 Å². The molecular weight excluding hydrogens is 466 g/mol. The molecule has 0 unspecified atom stereocenters. The third-order valence-corrected chi connectivity index (χ3v) is 11.5. The molecule has 36 heavy (non-hydrogen) atoms. The van der Waals surface area contributed by atoms with E-state index in [9.17, 15) is 15.0 Å². The van der Waals surface area contributed by atoms with Gasteiger partial charge in [0.2, 0.25) is 0 Å². The standard InChI is InChI=1S/C30H37NO4Si/c1-30(2,3)36(27-18-9-5-10-19-27,28-20-11-6-12-21-28)35-24-26(17-13-14-22-32)31(29(33)34)23-25-15-7-4-8-16-25/h4-16,18-21,26,32H,17,22-24H2,1-3H3,(H,33,34)/t26-/m0/s1. The van der Waals surface area contributed by atoms with Gasteiger partial charge in [0.1, 0.15) is 0 Å². The molecule has 0 bridgehead atoms. The van der Waals surface area contributed by atoms with Crippen LogP contribution in [0.15, 0.2) is 103 Å². The lowest BCUT2D eigenvalue weighted by Crippen LogP contribution is -2.67. The number of amides is 1. The normalized spacial score (nSPS) is 13.0. The second-order valence-electron chi connectivity index (χ2n) is 9.91. The minimum atomic E-state index is -2.83. The Kier molecular flexibility index (Phi) is 9.64. The molecule has 0 aliphatic heterocycles. The summed E-state index contributed by atoms with van der Waals surface area (Å²) in [7, 11) is -2.83. The van der Waals surface area contributed by atoms with E-state index in [0.717, 1.165) is 15.9 Å². The predicted octanol–water partition coefficient (Wildman–Crippen LogP) is 5.05. The van der Waals surface area contributed by atoms with Crippen LogP contribution in [0.1, 0.15) is 32.8 Å². The zero-order chi connectivity index (χ0) is 26.0. The topological polar surface area (TPSA) is 70.0 Å². The van der Waals surface area contributed by atoms with Gasteiger partial charge in [-0.1, -0.05) is 124 Å². The molecule has 0 spiro atoms. The van der Waals surface area contributed by atoms with Crippen LogP contribution in [0.4, 0.5) is 4.79 Å². The summed E-state index contributed by atoms with van der Waals surface area (Å²) in [6.45, 7) is 7.03. The van der Waals surface area contributed by atoms with Crippen LogP contribution in [0.5, 0.6) is 0 Å². The Morgan fingerprint density at radius 2 is 1.39 bits per heavy atom. The van der Waals surface area contributed by atoms with Crippen molar-refractivity contribution in [3.05, 3.63) is 109 Å². The summed E-state index contributed by atoms with van der Waals surface area (Å²) in [6.07, 6.45) is 2.93. The van der Waals surface area contributed by atoms with Crippen molar-refractivity contribution >= 4 is 24.8 Å². The monoisotopic (exact) mass is 503 g/mol. The van der Waals surface area contributed by atoms with Crippen LogP contribution in [0.3, 0.4) is 0 Å². The number of rotatable bonds is 11. The molecule has 1 atom stereocenters. The van der Waals surface area contributed by atoms with E-state index in [2.05, 4.69) is 45.0 Å². The van der Waals surface area contributed by atoms with Crippen LogP contribution in [0.2, 0.25) is 5.04 Å². The quantitative estimate of drug-likeness (QED) is 0.284. The van der Waals surface area contributed by atoms with E-state index >= 15 is 0 Å². The molecule has 2 N–H and O–H groups in total. The van der Waals surface area contributed by atoms with E-state index in [4.69, 9.17) is 4.43 Å². The van der Waals surface area contributed by atoms with Crippen LogP contribution < -0.4 is 10.4 Å². The number of nitrogens with zero attached hydrogens (tertiary/aromatic N) is 1. The molecule has 3 aromatic rings. The summed E-state index contributed by atoms with van der Waals surface area (Å²) in [5.74, 6) is 0. The average Bonchev–Trinajstić information content (AvgIpc) is 2.88. The molecule has 5 nitrogen and oxygen atoms in total. The highest BCUT2D eigenvalue weighted by molar-refractivity contribution is 6.99. The molecule has 190 valence electrons. The van der Waals surface area contributed by atoms with Crippen molar-refractivity contribution in [3.8, 4) is 0 Å². The number of benzene rings is 3. The summed E-state index contributed by atoms with van der Waals surface area (Å²) < 4.78 is 7.07. The van der Waals surface area contributed by atoms with Crippen molar-refractivity contribution in [2.75, 3.05) is 13.2 Å². The second-order valence-corrected chi connectivity index (χ2v) is 14.2. The van der Waals surface area contributed by atoms with E-state index in [1.807, 2.05) is 72.8 Å². The Hall–Kier alpha value is -3.19. The van der Waals surface area contributed by atoms with Crippen LogP contribution in [0.25, 0.3) is 0 Å². The number of aliphatic hydroxyl groups is 1. The fourth-order valence-corrected chi connectivity index (χ4v) is 9.33. The third kappa shape index (κ3) is 6.52. The second kappa shape index (κ2) is 12.7. The van der Waals surface area contributed by atoms with Gasteiger partial charge in [-0.3, -0.25) is 4.90 Å². The average molecular weight is 504 g/mol. The van der Waals surface area contributed by atoms with Crippen molar-refractivity contribution in [2.45, 2.75) is 44.8 Å². The van der Waals surface area contributed by atoms with Gasteiger partial charge in [0.15, 0.2) is 0 Å². The molecular formula is C30H37NO4Si. The van der Waals surface area contributed by atoms with Gasteiger partial charge in [0.25, 0.3) is 8.32 Å². The van der Waals surface area contributed by atoms with Crippen molar-refractivity contribution in [2.24, 2.45) is 0 Å². The van der Waals surface area contributed by atoms with E-state index in [0.29, 0.717) is 6.42 Å². The van der Waals surface area contributed by atoms with Gasteiger partial charge in [0, 0.05) is 6.54 Å². The number of aliphatic hydroxyl groups excluding tert-OH is 1. The van der Waals surface area contributed by atoms with E-state index in [1.165, 1.54) is 4.90 Å². The third-order valence-electron chi connectivity index (χ3n) is 6.47. The Morgan fingerprint density at radius 3 is 1.83 bits per heavy atom. The summed E-state index contributed by atoms with van der Waals surface area (Å²) in [6, 6.07) is 29.9. The first-order valence-corrected chi connectivity index (χ1v) is 14.2. The maximum absolute atomic E-state index is 12.4. The lowest BCUT2D eigenvalue weighted by molar-refractivity contribution is 0.0974. The molecule has 0 radical (unpaired) electrons. The highest BCUT2D eigenvalue weighted by Gasteiger charge is 2.50. The summed E-state index contributed by atoms with van der Waals surface area (Å²) in [5, 5.41) is 21.6. The van der Waals surface area contributed by atoms with Gasteiger partial charge in [-0.25, -0.2) is 4.79 Å². The van der Waals surface area contributed by atoms with Gasteiger partial charge < -0.3 is 14.6 Å². The van der Waals surface area contributed by atoms with E-state index in [1.54, 1.807) is 6.08 Å². The zero-order valence-electron chi connectivity index (χ0n) is 21.4. The summed E-state index contributed by atoms with van der Waals surface area (Å²) in [5.41, 5.74) is 0.918. The molecule has 0 aliphatic rings. The number of hydrogen-bond acceptors (Lipinski definition) is 3. The summed E-state index contributed by atoms with van der Waals surface area (Å²) >= 11 is 0. The fourth-order valence-electron chi connectivity index (χ4n) is 4.73. The first kappa shape index (κ1) is 27.4. The molecule has 6 heteroatoms. The lowest BCUT2D eigenvalue weighted by atomic mass is 10.1. The predicted molar refractivity (Wildman–Crippen MR) is 148 cm³/mol. The van der Waals surface area contributed by atoms with Crippen molar-refractivity contribution < 1.29 is 19.4 Å². The maximum atomic E-state index is 12.4. The number of carboxylic acid groups (broad SMARTS) is 1. The molecule has 3 rings (SSSR count). The smallest absolute Gasteiger partial charge is 0.407 e. The van der Waals surface area contributed by atoms with E-state index < -0.39 is 20.5 Å². The number of carbonyl (C=O) groups is 1. The van der Waals surface area contributed by atoms with E-state index in [-0.39, 0.29) is 24.8 Å². The van der Waals surface area contributed by atoms with Gasteiger partial charge in [-0.15, -0.1) is 0 Å². The molecule has 0 saturated heterocycles. The molecule has 0 aromatic heterocycles. The van der Waals surface area contributed by atoms with Crippen molar-refractivity contribution in [1.29, 1.82) is 0 Å². The first-order chi connectivity index (χ1) is 17.3. The lowest BCUT2D eigenvalue weighted by Gasteiger charge is -2.44. The van der Waals surface area contributed by atoms with Crippen molar-refractivity contribution in [1.82, 2.24) is 4.90 Å². The van der Waals surface area contributed by atoms with Crippen LogP contribution >= 0.6 is 0 Å². The largest absolute Gasteiger partial charge is 0.465 e. The zero-order valence-corrected chi connectivity index (χ0v) is 22.4. The van der Waals surface area contributed by atoms with Gasteiger partial charge in [-0.2, -0.15) is 0 Å². The Bertz CT molecular complexity index is 1060. The highest BCUT2D eigenvalue weighted by Crippen LogP contribution is 2.37. The molecule has 0 heterocycles. The van der Waals surface area contributed by atoms with Gasteiger partial charge >= 0.3 is 6.09 Å². The molecule has 1 amide bonds. The SMILES string of the molecule is CC(C)(C)[Si](OC[C@H](CC=CCO)N(Cc1ccccc1)C(=O)O)(c1ccccc1)c1ccccc1. The molecule has 0 aliphatic carbocycles. The first-order valence-electron chi connectivity index (χ1n) is 12.3. The summed E-state index contributed by atoms with van der Waals surface area (Å²) in [4.78, 5) is 13.9. The fraction of sp³-hybridized carbons (Fsp3) is 0.300. The Balaban J connectivity index is 2.04. The molecule has 0 fully saturated rings. The van der Waals surface area contributed by atoms with Crippen LogP contribution in [-0.4, -0.2) is 48.8 Å². The number of hydrogen-bond donors (Lipinski definition) is 2. The van der Waals surface area contributed by atoms with Crippen LogP contribution in [-0.2, 0) is 11.0 Å². The minimum Gasteiger partial charge on any atom is -0.465 e. The van der Waals surface area contributed by atoms with Gasteiger partial charge in [-0.05, 0) is 27.4 Å². The molecule has 0 saturated carbocycles. The minimum absolute atomic E-state index is 0.0892. The van der Waals surface area contributed by atoms with Crippen LogP contribution in [0, 0.1) is 0 Å². The molecule has 3 aromatic carbocycles. The highest BCUT2D eigenvalue weighted by atomic mass is 28.4. The Morgan fingerprint density at radius 1 is 0.889 bits per heavy atom. The Labute approximate surface area is 215 Å². The van der Waals surface area contributed by atoms with Gasteiger partial charge in [0.05, 0.1) is 19.3 Å².